The molecule has 8 nitrogen and oxygen atoms in total. The Labute approximate surface area is 285 Å². The van der Waals surface area contributed by atoms with Crippen LogP contribution in [0, 0.1) is 6.92 Å². The normalized spacial score (nSPS) is 14.7. The molecule has 0 amide bonds. The molecule has 1 aliphatic heterocycles. The molecule has 2 aromatic heterocycles. The molecule has 0 saturated carbocycles. The van der Waals surface area contributed by atoms with E-state index in [1.54, 1.807) is 37.7 Å². The number of halogens is 2. The van der Waals surface area contributed by atoms with Gasteiger partial charge in [-0.25, -0.2) is 9.79 Å². The maximum Gasteiger partial charge on any atom is 0.338 e. The van der Waals surface area contributed by atoms with Gasteiger partial charge in [0, 0.05) is 34.3 Å². The molecule has 0 saturated heterocycles. The summed E-state index contributed by atoms with van der Waals surface area (Å²) in [7, 11) is 1.56. The summed E-state index contributed by atoms with van der Waals surface area (Å²) < 4.78 is 21.4. The van der Waals surface area contributed by atoms with Gasteiger partial charge in [-0.15, -0.1) is 0 Å². The number of thiazole rings is 1. The summed E-state index contributed by atoms with van der Waals surface area (Å²) in [5.74, 6) is 0.407. The zero-order valence-corrected chi connectivity index (χ0v) is 28.9. The quantitative estimate of drug-likeness (QED) is 0.159. The lowest BCUT2D eigenvalue weighted by atomic mass is 9.94. The summed E-state index contributed by atoms with van der Waals surface area (Å²) >= 11 is 13.8. The van der Waals surface area contributed by atoms with Gasteiger partial charge in [0.2, 0.25) is 0 Å². The lowest BCUT2D eigenvalue weighted by Crippen LogP contribution is -2.40. The summed E-state index contributed by atoms with van der Waals surface area (Å²) in [6.07, 6.45) is 1.92. The fraction of sp³-hybridized carbons (Fsp3) is 0.250. The third-order valence-electron chi connectivity index (χ3n) is 8.21. The van der Waals surface area contributed by atoms with Crippen molar-refractivity contribution in [3.63, 3.8) is 0 Å². The van der Waals surface area contributed by atoms with Crippen LogP contribution in [0.5, 0.6) is 11.5 Å². The largest absolute Gasteiger partial charge is 0.493 e. The molecule has 0 spiro atoms. The second-order valence-electron chi connectivity index (χ2n) is 11.0. The average Bonchev–Trinajstić information content (AvgIpc) is 3.50. The Morgan fingerprint density at radius 3 is 2.53 bits per heavy atom. The SMILES string of the molecule is CCOC(=O)C1=C(C)N=c2s/c(=C/c3c(C)n(Cc4ccc(Cl)c(Cl)c4)c4ccccc34)c(=O)n2[C@H]1c1cccc(OC)c1OCC. The van der Waals surface area contributed by atoms with E-state index in [9.17, 15) is 9.59 Å². The number of hydrogen-bond acceptors (Lipinski definition) is 7. The molecule has 0 bridgehead atoms. The molecule has 47 heavy (non-hydrogen) atoms. The zero-order chi connectivity index (χ0) is 33.4. The van der Waals surface area contributed by atoms with Gasteiger partial charge in [-0.3, -0.25) is 9.36 Å². The van der Waals surface area contributed by atoms with Crippen LogP contribution in [0.3, 0.4) is 0 Å². The van der Waals surface area contributed by atoms with Crippen molar-refractivity contribution in [1.29, 1.82) is 0 Å². The van der Waals surface area contributed by atoms with Crippen LogP contribution in [-0.4, -0.2) is 35.4 Å². The van der Waals surface area contributed by atoms with E-state index in [2.05, 4.69) is 10.6 Å². The van der Waals surface area contributed by atoms with Gasteiger partial charge in [-0.2, -0.15) is 0 Å². The Kier molecular flexibility index (Phi) is 9.32. The van der Waals surface area contributed by atoms with E-state index in [4.69, 9.17) is 42.4 Å². The van der Waals surface area contributed by atoms with Crippen LogP contribution in [0.2, 0.25) is 10.0 Å². The number of nitrogens with zero attached hydrogens (tertiary/aromatic N) is 3. The lowest BCUT2D eigenvalue weighted by Gasteiger charge is -2.26. The van der Waals surface area contributed by atoms with Gasteiger partial charge in [0.25, 0.3) is 5.56 Å². The van der Waals surface area contributed by atoms with Crippen LogP contribution in [0.4, 0.5) is 0 Å². The summed E-state index contributed by atoms with van der Waals surface area (Å²) in [5, 5.41) is 2.00. The Morgan fingerprint density at radius 1 is 1.02 bits per heavy atom. The van der Waals surface area contributed by atoms with E-state index in [-0.39, 0.29) is 17.7 Å². The van der Waals surface area contributed by atoms with Gasteiger partial charge in [-0.1, -0.05) is 70.9 Å². The van der Waals surface area contributed by atoms with E-state index in [0.717, 1.165) is 27.7 Å². The van der Waals surface area contributed by atoms with E-state index >= 15 is 0 Å². The molecular weight excluding hydrogens is 657 g/mol. The van der Waals surface area contributed by atoms with Gasteiger partial charge in [0.15, 0.2) is 16.3 Å². The molecule has 3 heterocycles. The van der Waals surface area contributed by atoms with Crippen molar-refractivity contribution >= 4 is 57.5 Å². The molecule has 1 atom stereocenters. The first-order valence-electron chi connectivity index (χ1n) is 15.2. The minimum Gasteiger partial charge on any atom is -0.493 e. The zero-order valence-electron chi connectivity index (χ0n) is 26.6. The number of esters is 1. The second kappa shape index (κ2) is 13.4. The van der Waals surface area contributed by atoms with Crippen molar-refractivity contribution in [2.45, 2.75) is 40.3 Å². The lowest BCUT2D eigenvalue weighted by molar-refractivity contribution is -0.139. The molecule has 0 fully saturated rings. The van der Waals surface area contributed by atoms with Gasteiger partial charge in [-0.05, 0) is 63.6 Å². The number of allylic oxidation sites excluding steroid dienone is 1. The molecule has 0 N–H and O–H groups in total. The molecule has 6 rings (SSSR count). The van der Waals surface area contributed by atoms with Crippen molar-refractivity contribution in [2.75, 3.05) is 20.3 Å². The van der Waals surface area contributed by atoms with Crippen LogP contribution in [-0.2, 0) is 16.1 Å². The second-order valence-corrected chi connectivity index (χ2v) is 12.8. The van der Waals surface area contributed by atoms with E-state index in [1.165, 1.54) is 11.3 Å². The number of ether oxygens (including phenoxy) is 3. The third kappa shape index (κ3) is 5.88. The fourth-order valence-corrected chi connectivity index (χ4v) is 7.44. The van der Waals surface area contributed by atoms with Gasteiger partial charge in [0.1, 0.15) is 6.04 Å². The molecular formula is C36H33Cl2N3O5S. The third-order valence-corrected chi connectivity index (χ3v) is 9.93. The van der Waals surface area contributed by atoms with Crippen molar-refractivity contribution in [3.05, 3.63) is 124 Å². The van der Waals surface area contributed by atoms with Crippen molar-refractivity contribution in [3.8, 4) is 11.5 Å². The minimum atomic E-state index is -0.846. The summed E-state index contributed by atoms with van der Waals surface area (Å²) in [6, 6.07) is 18.3. The first kappa shape index (κ1) is 32.6. The standard InChI is InChI=1S/C36H33Cl2N3O5S/c1-6-45-33-24(12-10-14-29(33)44-5)32-31(35(43)46-7-2)20(3)39-36-41(32)34(42)30(47-36)18-25-21(4)40(28-13-9-8-11-23(25)28)19-22-15-16-26(37)27(38)17-22/h8-18,32H,6-7,19H2,1-5H3/b30-18+/t32-/m0/s1. The number of carbonyl (C=O) groups is 1. The Hall–Kier alpha value is -4.31. The topological polar surface area (TPSA) is 84.1 Å². The summed E-state index contributed by atoms with van der Waals surface area (Å²) in [4.78, 5) is 33.2. The summed E-state index contributed by atoms with van der Waals surface area (Å²) in [5.41, 5.74) is 4.99. The predicted molar refractivity (Wildman–Crippen MR) is 187 cm³/mol. The number of carbonyl (C=O) groups excluding carboxylic acids is 1. The molecule has 3 aromatic carbocycles. The highest BCUT2D eigenvalue weighted by atomic mass is 35.5. The van der Waals surface area contributed by atoms with Crippen molar-refractivity contribution in [2.24, 2.45) is 4.99 Å². The molecule has 242 valence electrons. The van der Waals surface area contributed by atoms with Crippen molar-refractivity contribution in [1.82, 2.24) is 9.13 Å². The molecule has 1 aliphatic rings. The van der Waals surface area contributed by atoms with Gasteiger partial charge >= 0.3 is 5.97 Å². The maximum absolute atomic E-state index is 14.5. The molecule has 0 unspecified atom stereocenters. The highest BCUT2D eigenvalue weighted by molar-refractivity contribution is 7.07. The highest BCUT2D eigenvalue weighted by Gasteiger charge is 2.36. The van der Waals surface area contributed by atoms with Crippen LogP contribution < -0.4 is 24.4 Å². The Bertz CT molecular complexity index is 2250. The number of para-hydroxylation sites is 2. The molecule has 5 aromatic rings. The Balaban J connectivity index is 1.57. The minimum absolute atomic E-state index is 0.175. The molecule has 0 aliphatic carbocycles. The number of rotatable bonds is 9. The van der Waals surface area contributed by atoms with Crippen LogP contribution in [0.1, 0.15) is 49.2 Å². The van der Waals surface area contributed by atoms with Crippen molar-refractivity contribution < 1.29 is 19.0 Å². The van der Waals surface area contributed by atoms with Crippen LogP contribution in [0.15, 0.2) is 81.7 Å². The van der Waals surface area contributed by atoms with Crippen LogP contribution in [0.25, 0.3) is 17.0 Å². The van der Waals surface area contributed by atoms with Gasteiger partial charge < -0.3 is 18.8 Å². The Morgan fingerprint density at radius 2 is 1.81 bits per heavy atom. The summed E-state index contributed by atoms with van der Waals surface area (Å²) in [6.45, 7) is 8.52. The average molecular weight is 691 g/mol. The first-order valence-corrected chi connectivity index (χ1v) is 16.8. The monoisotopic (exact) mass is 689 g/mol. The number of hydrogen-bond donors (Lipinski definition) is 0. The van der Waals surface area contributed by atoms with E-state index in [1.807, 2.05) is 62.4 Å². The van der Waals surface area contributed by atoms with E-state index < -0.39 is 12.0 Å². The van der Waals surface area contributed by atoms with E-state index in [0.29, 0.717) is 55.3 Å². The first-order chi connectivity index (χ1) is 22.7. The number of aromatic nitrogens is 2. The highest BCUT2D eigenvalue weighted by Crippen LogP contribution is 2.41. The van der Waals surface area contributed by atoms with Crippen LogP contribution >= 0.6 is 34.5 Å². The maximum atomic E-state index is 14.5. The predicted octanol–water partition coefficient (Wildman–Crippen LogP) is 6.82. The smallest absolute Gasteiger partial charge is 0.338 e. The molecule has 0 radical (unpaired) electrons. The fourth-order valence-electron chi connectivity index (χ4n) is 6.09. The molecule has 11 heteroatoms. The number of fused-ring (bicyclic) bond motifs is 2. The number of benzene rings is 3. The number of methoxy groups -OCH3 is 1. The van der Waals surface area contributed by atoms with Gasteiger partial charge in [0.05, 0.1) is 46.2 Å².